The van der Waals surface area contributed by atoms with Crippen molar-refractivity contribution in [2.24, 2.45) is 0 Å². The molecule has 1 saturated heterocycles. The molecule has 1 aromatic heterocycles. The Morgan fingerprint density at radius 1 is 1.13 bits per heavy atom. The van der Waals surface area contributed by atoms with Crippen LogP contribution in [0.5, 0.6) is 0 Å². The van der Waals surface area contributed by atoms with Crippen LogP contribution < -0.4 is 5.32 Å². The maximum absolute atomic E-state index is 13.4. The highest BCUT2D eigenvalue weighted by atomic mass is 19.1. The molecule has 1 N–H and O–H groups in total. The molecule has 9 heteroatoms. The Balaban J connectivity index is 1.35. The van der Waals surface area contributed by atoms with E-state index < -0.39 is 11.7 Å². The highest BCUT2D eigenvalue weighted by Crippen LogP contribution is 2.27. The summed E-state index contributed by atoms with van der Waals surface area (Å²) in [5.74, 6) is -0.949. The summed E-state index contributed by atoms with van der Waals surface area (Å²) in [6.07, 6.45) is 1.52. The number of hydrogen-bond acceptors (Lipinski definition) is 5. The summed E-state index contributed by atoms with van der Waals surface area (Å²) in [7, 11) is 0. The van der Waals surface area contributed by atoms with E-state index in [2.05, 4.69) is 15.5 Å². The number of nitrogens with one attached hydrogen (secondary N) is 1. The topological polar surface area (TPSA) is 88.3 Å². The molecule has 0 bridgehead atoms. The molecule has 1 aliphatic rings. The standard InChI is InChI=1S/C22H20F2N4O3/c23-17-8-6-14(7-9-17)21(30)25-12-19(29)28-10-2-4-16(13-28)22-26-20(27-31-22)15-3-1-5-18(24)11-15/h1,3,5-9,11,16H,2,4,10,12-13H2,(H,25,30). The number of amides is 2. The van der Waals surface area contributed by atoms with Gasteiger partial charge < -0.3 is 14.7 Å². The predicted molar refractivity (Wildman–Crippen MR) is 107 cm³/mol. The van der Waals surface area contributed by atoms with Crippen LogP contribution in [-0.2, 0) is 4.79 Å². The Hall–Kier alpha value is -3.62. The zero-order chi connectivity index (χ0) is 21.8. The average molecular weight is 426 g/mol. The van der Waals surface area contributed by atoms with Crippen molar-refractivity contribution in [3.63, 3.8) is 0 Å². The fourth-order valence-electron chi connectivity index (χ4n) is 3.52. The molecule has 160 valence electrons. The Morgan fingerprint density at radius 3 is 2.71 bits per heavy atom. The lowest BCUT2D eigenvalue weighted by Gasteiger charge is -2.31. The van der Waals surface area contributed by atoms with Gasteiger partial charge in [-0.25, -0.2) is 8.78 Å². The van der Waals surface area contributed by atoms with Crippen LogP contribution in [0, 0.1) is 11.6 Å². The molecule has 3 aromatic rings. The van der Waals surface area contributed by atoms with E-state index in [9.17, 15) is 18.4 Å². The van der Waals surface area contributed by atoms with Crippen molar-refractivity contribution in [2.45, 2.75) is 18.8 Å². The molecule has 2 amide bonds. The maximum Gasteiger partial charge on any atom is 0.251 e. The van der Waals surface area contributed by atoms with E-state index in [1.165, 1.54) is 36.4 Å². The zero-order valence-corrected chi connectivity index (χ0v) is 16.6. The smallest absolute Gasteiger partial charge is 0.251 e. The number of carbonyl (C=O) groups excluding carboxylic acids is 2. The zero-order valence-electron chi connectivity index (χ0n) is 16.6. The molecule has 1 fully saturated rings. The number of aromatic nitrogens is 2. The van der Waals surface area contributed by atoms with Crippen molar-refractivity contribution in [1.82, 2.24) is 20.4 Å². The minimum atomic E-state index is -0.446. The lowest BCUT2D eigenvalue weighted by atomic mass is 9.98. The van der Waals surface area contributed by atoms with Gasteiger partial charge in [0.2, 0.25) is 17.6 Å². The van der Waals surface area contributed by atoms with Crippen molar-refractivity contribution in [1.29, 1.82) is 0 Å². The van der Waals surface area contributed by atoms with E-state index in [4.69, 9.17) is 4.52 Å². The number of nitrogens with zero attached hydrogens (tertiary/aromatic N) is 3. The molecule has 4 rings (SSSR count). The third-order valence-electron chi connectivity index (χ3n) is 5.15. The van der Waals surface area contributed by atoms with Gasteiger partial charge in [0.05, 0.1) is 12.5 Å². The fourth-order valence-corrected chi connectivity index (χ4v) is 3.52. The van der Waals surface area contributed by atoms with Gasteiger partial charge in [-0.3, -0.25) is 9.59 Å². The van der Waals surface area contributed by atoms with Crippen LogP contribution in [-0.4, -0.2) is 46.5 Å². The summed E-state index contributed by atoms with van der Waals surface area (Å²) in [5.41, 5.74) is 0.795. The molecular formula is C22H20F2N4O3. The van der Waals surface area contributed by atoms with Crippen molar-refractivity contribution >= 4 is 11.8 Å². The van der Waals surface area contributed by atoms with Gasteiger partial charge in [-0.15, -0.1) is 0 Å². The maximum atomic E-state index is 13.4. The summed E-state index contributed by atoms with van der Waals surface area (Å²) < 4.78 is 31.8. The van der Waals surface area contributed by atoms with Gasteiger partial charge in [0, 0.05) is 24.2 Å². The van der Waals surface area contributed by atoms with E-state index in [-0.39, 0.29) is 29.8 Å². The van der Waals surface area contributed by atoms with Gasteiger partial charge in [-0.05, 0) is 49.2 Å². The Morgan fingerprint density at radius 2 is 1.94 bits per heavy atom. The number of piperidine rings is 1. The van der Waals surface area contributed by atoms with Crippen LogP contribution in [0.3, 0.4) is 0 Å². The molecule has 1 atom stereocenters. The van der Waals surface area contributed by atoms with Crippen LogP contribution in [0.15, 0.2) is 53.1 Å². The molecule has 0 radical (unpaired) electrons. The second kappa shape index (κ2) is 9.03. The summed E-state index contributed by atoms with van der Waals surface area (Å²) in [5, 5.41) is 6.49. The largest absolute Gasteiger partial charge is 0.343 e. The van der Waals surface area contributed by atoms with E-state index in [1.54, 1.807) is 17.0 Å². The van der Waals surface area contributed by atoms with Crippen LogP contribution in [0.4, 0.5) is 8.78 Å². The Kier molecular flexibility index (Phi) is 6.01. The van der Waals surface area contributed by atoms with Crippen molar-refractivity contribution in [3.8, 4) is 11.4 Å². The highest BCUT2D eigenvalue weighted by molar-refractivity contribution is 5.96. The SMILES string of the molecule is O=C(NCC(=O)N1CCCC(c2nc(-c3cccc(F)c3)no2)C1)c1ccc(F)cc1. The van der Waals surface area contributed by atoms with Crippen LogP contribution in [0.1, 0.15) is 35.0 Å². The van der Waals surface area contributed by atoms with Gasteiger partial charge in [0.15, 0.2) is 0 Å². The summed E-state index contributed by atoms with van der Waals surface area (Å²) in [6, 6.07) is 11.0. The summed E-state index contributed by atoms with van der Waals surface area (Å²) in [6.45, 7) is 0.782. The third kappa shape index (κ3) is 4.93. The van der Waals surface area contributed by atoms with Gasteiger partial charge >= 0.3 is 0 Å². The van der Waals surface area contributed by atoms with E-state index >= 15 is 0 Å². The van der Waals surface area contributed by atoms with E-state index in [1.807, 2.05) is 0 Å². The van der Waals surface area contributed by atoms with Crippen molar-refractivity contribution in [2.75, 3.05) is 19.6 Å². The van der Waals surface area contributed by atoms with E-state index in [0.29, 0.717) is 30.4 Å². The first-order valence-electron chi connectivity index (χ1n) is 9.90. The van der Waals surface area contributed by atoms with Crippen molar-refractivity contribution < 1.29 is 22.9 Å². The first-order valence-corrected chi connectivity index (χ1v) is 9.90. The highest BCUT2D eigenvalue weighted by Gasteiger charge is 2.29. The number of rotatable bonds is 5. The lowest BCUT2D eigenvalue weighted by Crippen LogP contribution is -2.44. The van der Waals surface area contributed by atoms with Crippen LogP contribution in [0.25, 0.3) is 11.4 Å². The lowest BCUT2D eigenvalue weighted by molar-refractivity contribution is -0.131. The fraction of sp³-hybridized carbons (Fsp3) is 0.273. The van der Waals surface area contributed by atoms with Crippen LogP contribution in [0.2, 0.25) is 0 Å². The first kappa shape index (κ1) is 20.6. The number of carbonyl (C=O) groups is 2. The predicted octanol–water partition coefficient (Wildman–Crippen LogP) is 3.15. The molecular weight excluding hydrogens is 406 g/mol. The Labute approximate surface area is 177 Å². The Bertz CT molecular complexity index is 1080. The number of benzene rings is 2. The first-order chi connectivity index (χ1) is 15.0. The monoisotopic (exact) mass is 426 g/mol. The number of likely N-dealkylation sites (tertiary alicyclic amines) is 1. The molecule has 31 heavy (non-hydrogen) atoms. The van der Waals surface area contributed by atoms with Gasteiger partial charge in [-0.2, -0.15) is 4.98 Å². The third-order valence-corrected chi connectivity index (χ3v) is 5.15. The molecule has 0 aliphatic carbocycles. The molecule has 7 nitrogen and oxygen atoms in total. The minimum Gasteiger partial charge on any atom is -0.343 e. The average Bonchev–Trinajstić information content (AvgIpc) is 3.28. The second-order valence-corrected chi connectivity index (χ2v) is 7.34. The van der Waals surface area contributed by atoms with Gasteiger partial charge in [0.25, 0.3) is 5.91 Å². The van der Waals surface area contributed by atoms with Gasteiger partial charge in [-0.1, -0.05) is 17.3 Å². The van der Waals surface area contributed by atoms with Crippen molar-refractivity contribution in [3.05, 3.63) is 71.6 Å². The molecule has 0 saturated carbocycles. The molecule has 0 spiro atoms. The summed E-state index contributed by atoms with van der Waals surface area (Å²) >= 11 is 0. The number of hydrogen-bond donors (Lipinski definition) is 1. The van der Waals surface area contributed by atoms with Crippen LogP contribution >= 0.6 is 0 Å². The molecule has 1 unspecified atom stereocenters. The normalized spacial score (nSPS) is 16.2. The molecule has 2 heterocycles. The van der Waals surface area contributed by atoms with Gasteiger partial charge in [0.1, 0.15) is 11.6 Å². The minimum absolute atomic E-state index is 0.139. The summed E-state index contributed by atoms with van der Waals surface area (Å²) in [4.78, 5) is 30.7. The molecule has 1 aliphatic heterocycles. The van der Waals surface area contributed by atoms with E-state index in [0.717, 1.165) is 12.8 Å². The molecule has 2 aromatic carbocycles. The second-order valence-electron chi connectivity index (χ2n) is 7.34. The number of halogens is 2. The quantitative estimate of drug-likeness (QED) is 0.677.